The van der Waals surface area contributed by atoms with Crippen molar-refractivity contribution in [3.63, 3.8) is 0 Å². The van der Waals surface area contributed by atoms with Gasteiger partial charge in [-0.2, -0.15) is 0 Å². The van der Waals surface area contributed by atoms with Gasteiger partial charge in [-0.05, 0) is 24.5 Å². The number of aliphatic hydroxyl groups is 1. The SMILES string of the molecule is O=C1CO[C@H](C(=O)NCC2(CO)CCCC2)[C@@H](c2ccccc2Cl)N1. The van der Waals surface area contributed by atoms with Gasteiger partial charge in [0.25, 0.3) is 5.91 Å². The van der Waals surface area contributed by atoms with Crippen molar-refractivity contribution in [3.8, 4) is 0 Å². The molecule has 2 aliphatic rings. The normalized spacial score (nSPS) is 25.4. The standard InChI is InChI=1S/C18H23ClN2O4/c19-13-6-2-1-5-12(13)15-16(25-9-14(23)21-15)17(24)20-10-18(11-22)7-3-4-8-18/h1-2,5-6,15-16,22H,3-4,7-11H2,(H,20,24)(H,21,23)/t15-,16+/m1/s1. The molecule has 1 heterocycles. The van der Waals surface area contributed by atoms with Gasteiger partial charge in [0, 0.05) is 17.0 Å². The van der Waals surface area contributed by atoms with E-state index in [0.717, 1.165) is 25.7 Å². The minimum atomic E-state index is -0.852. The molecule has 3 rings (SSSR count). The molecule has 25 heavy (non-hydrogen) atoms. The second-order valence-corrected chi connectivity index (χ2v) is 7.29. The summed E-state index contributed by atoms with van der Waals surface area (Å²) in [6.45, 7) is 0.305. The number of aliphatic hydroxyl groups excluding tert-OH is 1. The van der Waals surface area contributed by atoms with Gasteiger partial charge in [-0.25, -0.2) is 0 Å². The molecule has 2 atom stereocenters. The summed E-state index contributed by atoms with van der Waals surface area (Å²) >= 11 is 6.23. The average molecular weight is 367 g/mol. The van der Waals surface area contributed by atoms with Crippen LogP contribution in [-0.2, 0) is 14.3 Å². The van der Waals surface area contributed by atoms with Crippen LogP contribution < -0.4 is 10.6 Å². The Hall–Kier alpha value is -1.63. The van der Waals surface area contributed by atoms with Gasteiger partial charge in [0.05, 0.1) is 12.6 Å². The predicted molar refractivity (Wildman–Crippen MR) is 93.1 cm³/mol. The number of carbonyl (C=O) groups excluding carboxylic acids is 2. The third-order valence-electron chi connectivity index (χ3n) is 5.15. The van der Waals surface area contributed by atoms with Crippen molar-refractivity contribution in [1.82, 2.24) is 10.6 Å². The first-order chi connectivity index (χ1) is 12.0. The van der Waals surface area contributed by atoms with E-state index in [1.165, 1.54) is 0 Å². The number of ether oxygens (including phenoxy) is 1. The fourth-order valence-corrected chi connectivity index (χ4v) is 3.89. The number of hydrogen-bond acceptors (Lipinski definition) is 4. The first-order valence-electron chi connectivity index (χ1n) is 8.59. The van der Waals surface area contributed by atoms with Crippen LogP contribution in [-0.4, -0.2) is 42.8 Å². The molecule has 2 fully saturated rings. The molecule has 1 saturated carbocycles. The zero-order chi connectivity index (χ0) is 17.9. The smallest absolute Gasteiger partial charge is 0.251 e. The van der Waals surface area contributed by atoms with Crippen LogP contribution in [0.2, 0.25) is 5.02 Å². The van der Waals surface area contributed by atoms with Crippen LogP contribution in [0.15, 0.2) is 24.3 Å². The molecule has 1 saturated heterocycles. The van der Waals surface area contributed by atoms with Gasteiger partial charge in [0.2, 0.25) is 5.91 Å². The number of benzene rings is 1. The highest BCUT2D eigenvalue weighted by atomic mass is 35.5. The van der Waals surface area contributed by atoms with E-state index in [1.807, 2.05) is 0 Å². The molecule has 0 unspecified atom stereocenters. The van der Waals surface area contributed by atoms with Gasteiger partial charge in [0.1, 0.15) is 6.61 Å². The van der Waals surface area contributed by atoms with Crippen LogP contribution in [0.25, 0.3) is 0 Å². The molecule has 3 N–H and O–H groups in total. The fraction of sp³-hybridized carbons (Fsp3) is 0.556. The van der Waals surface area contributed by atoms with E-state index in [-0.39, 0.29) is 30.4 Å². The van der Waals surface area contributed by atoms with Crippen molar-refractivity contribution in [2.24, 2.45) is 5.41 Å². The summed E-state index contributed by atoms with van der Waals surface area (Å²) in [7, 11) is 0. The van der Waals surface area contributed by atoms with Crippen molar-refractivity contribution in [3.05, 3.63) is 34.9 Å². The lowest BCUT2D eigenvalue weighted by molar-refractivity contribution is -0.148. The molecule has 6 nitrogen and oxygen atoms in total. The Bertz CT molecular complexity index is 646. The van der Waals surface area contributed by atoms with Gasteiger partial charge in [-0.1, -0.05) is 42.6 Å². The molecular formula is C18H23ClN2O4. The van der Waals surface area contributed by atoms with Gasteiger partial charge in [-0.3, -0.25) is 9.59 Å². The van der Waals surface area contributed by atoms with Crippen LogP contribution >= 0.6 is 11.6 Å². The molecule has 136 valence electrons. The van der Waals surface area contributed by atoms with E-state index in [2.05, 4.69) is 10.6 Å². The van der Waals surface area contributed by atoms with Crippen molar-refractivity contribution in [2.75, 3.05) is 19.8 Å². The topological polar surface area (TPSA) is 87.7 Å². The zero-order valence-corrected chi connectivity index (χ0v) is 14.7. The lowest BCUT2D eigenvalue weighted by atomic mass is 9.87. The Morgan fingerprint density at radius 3 is 2.76 bits per heavy atom. The average Bonchev–Trinajstić information content (AvgIpc) is 3.09. The Balaban J connectivity index is 1.73. The first kappa shape index (κ1) is 18.2. The van der Waals surface area contributed by atoms with E-state index in [9.17, 15) is 14.7 Å². The van der Waals surface area contributed by atoms with Gasteiger partial charge in [-0.15, -0.1) is 0 Å². The summed E-state index contributed by atoms with van der Waals surface area (Å²) in [5.74, 6) is -0.582. The summed E-state index contributed by atoms with van der Waals surface area (Å²) in [6.07, 6.45) is 3.08. The number of hydrogen-bond donors (Lipinski definition) is 3. The lowest BCUT2D eigenvalue weighted by Gasteiger charge is -2.33. The minimum absolute atomic E-state index is 0.0590. The first-order valence-corrected chi connectivity index (χ1v) is 8.96. The number of rotatable bonds is 5. The molecule has 0 spiro atoms. The van der Waals surface area contributed by atoms with E-state index in [4.69, 9.17) is 16.3 Å². The number of halogens is 1. The molecule has 1 aliphatic carbocycles. The number of morpholine rings is 1. The van der Waals surface area contributed by atoms with E-state index in [0.29, 0.717) is 17.1 Å². The maximum absolute atomic E-state index is 12.7. The molecule has 1 aliphatic heterocycles. The van der Waals surface area contributed by atoms with Crippen molar-refractivity contribution in [2.45, 2.75) is 37.8 Å². The van der Waals surface area contributed by atoms with Gasteiger partial charge in [0.15, 0.2) is 6.10 Å². The Morgan fingerprint density at radius 2 is 2.08 bits per heavy atom. The maximum Gasteiger partial charge on any atom is 0.251 e. The summed E-state index contributed by atoms with van der Waals surface area (Å²) in [5.41, 5.74) is 0.406. The molecular weight excluding hydrogens is 344 g/mol. The fourth-order valence-electron chi connectivity index (χ4n) is 3.64. The highest BCUT2D eigenvalue weighted by Gasteiger charge is 2.39. The quantitative estimate of drug-likeness (QED) is 0.738. The van der Waals surface area contributed by atoms with Crippen molar-refractivity contribution >= 4 is 23.4 Å². The van der Waals surface area contributed by atoms with Crippen LogP contribution in [0.1, 0.15) is 37.3 Å². The van der Waals surface area contributed by atoms with E-state index in [1.54, 1.807) is 24.3 Å². The molecule has 0 radical (unpaired) electrons. The van der Waals surface area contributed by atoms with Crippen LogP contribution in [0.5, 0.6) is 0 Å². The van der Waals surface area contributed by atoms with Gasteiger partial charge < -0.3 is 20.5 Å². The van der Waals surface area contributed by atoms with E-state index >= 15 is 0 Å². The van der Waals surface area contributed by atoms with Crippen LogP contribution in [0.3, 0.4) is 0 Å². The second kappa shape index (κ2) is 7.72. The van der Waals surface area contributed by atoms with Crippen LogP contribution in [0.4, 0.5) is 0 Å². The summed E-state index contributed by atoms with van der Waals surface area (Å²) in [6, 6.07) is 6.44. The second-order valence-electron chi connectivity index (χ2n) is 6.88. The number of carbonyl (C=O) groups is 2. The molecule has 1 aromatic rings. The Morgan fingerprint density at radius 1 is 1.36 bits per heavy atom. The van der Waals surface area contributed by atoms with Gasteiger partial charge >= 0.3 is 0 Å². The molecule has 2 amide bonds. The number of nitrogens with one attached hydrogen (secondary N) is 2. The monoisotopic (exact) mass is 366 g/mol. The zero-order valence-electron chi connectivity index (χ0n) is 14.0. The van der Waals surface area contributed by atoms with Crippen molar-refractivity contribution < 1.29 is 19.4 Å². The third-order valence-corrected chi connectivity index (χ3v) is 5.49. The highest BCUT2D eigenvalue weighted by molar-refractivity contribution is 6.31. The molecule has 0 aromatic heterocycles. The molecule has 0 bridgehead atoms. The third kappa shape index (κ3) is 3.97. The minimum Gasteiger partial charge on any atom is -0.396 e. The molecule has 1 aromatic carbocycles. The highest BCUT2D eigenvalue weighted by Crippen LogP contribution is 2.37. The Labute approximate surface area is 151 Å². The summed E-state index contributed by atoms with van der Waals surface area (Å²) in [4.78, 5) is 24.4. The largest absolute Gasteiger partial charge is 0.396 e. The van der Waals surface area contributed by atoms with Crippen molar-refractivity contribution in [1.29, 1.82) is 0 Å². The molecule has 7 heteroatoms. The van der Waals surface area contributed by atoms with E-state index < -0.39 is 12.1 Å². The number of amides is 2. The summed E-state index contributed by atoms with van der Waals surface area (Å²) in [5, 5.41) is 15.9. The van der Waals surface area contributed by atoms with Crippen LogP contribution in [0, 0.1) is 5.41 Å². The lowest BCUT2D eigenvalue weighted by Crippen LogP contribution is -2.53. The summed E-state index contributed by atoms with van der Waals surface area (Å²) < 4.78 is 5.51. The predicted octanol–water partition coefficient (Wildman–Crippen LogP) is 1.56. The maximum atomic E-state index is 12.7. The Kier molecular flexibility index (Phi) is 5.61.